The third kappa shape index (κ3) is 3.48. The lowest BCUT2D eigenvalue weighted by atomic mass is 9.92. The van der Waals surface area contributed by atoms with Gasteiger partial charge in [0.05, 0.1) is 12.1 Å². The number of aliphatic hydroxyl groups excluding tert-OH is 1. The van der Waals surface area contributed by atoms with E-state index in [9.17, 15) is 5.11 Å². The zero-order valence-corrected chi connectivity index (χ0v) is 13.5. The lowest BCUT2D eigenvalue weighted by molar-refractivity contribution is 0.210. The van der Waals surface area contributed by atoms with E-state index in [0.29, 0.717) is 5.02 Å². The van der Waals surface area contributed by atoms with Gasteiger partial charge in [0.15, 0.2) is 0 Å². The normalized spacial score (nSPS) is 13.7. The van der Waals surface area contributed by atoms with Crippen LogP contribution in [0.3, 0.4) is 0 Å². The molecule has 0 amide bonds. The van der Waals surface area contributed by atoms with Crippen molar-refractivity contribution in [3.63, 3.8) is 0 Å². The summed E-state index contributed by atoms with van der Waals surface area (Å²) in [5, 5.41) is 12.2. The summed E-state index contributed by atoms with van der Waals surface area (Å²) in [7, 11) is 0. The minimum absolute atomic E-state index is 0.101. The number of hydrogen-bond donors (Lipinski definition) is 2. The Labute approximate surface area is 140 Å². The van der Waals surface area contributed by atoms with Crippen LogP contribution in [0.1, 0.15) is 12.5 Å². The van der Waals surface area contributed by atoms with E-state index in [1.165, 1.54) is 0 Å². The van der Waals surface area contributed by atoms with Crippen molar-refractivity contribution in [2.45, 2.75) is 12.5 Å². The summed E-state index contributed by atoms with van der Waals surface area (Å²) < 4.78 is 5.84. The second kappa shape index (κ2) is 6.20. The van der Waals surface area contributed by atoms with Gasteiger partial charge < -0.3 is 15.6 Å². The van der Waals surface area contributed by atoms with Crippen LogP contribution in [0, 0.1) is 0 Å². The molecule has 0 spiro atoms. The smallest absolute Gasteiger partial charge is 0.128 e. The second-order valence-corrected chi connectivity index (χ2v) is 6.29. The van der Waals surface area contributed by atoms with Gasteiger partial charge in [-0.2, -0.15) is 0 Å². The van der Waals surface area contributed by atoms with Crippen molar-refractivity contribution in [3.05, 3.63) is 71.2 Å². The molecule has 3 rings (SSSR count). The lowest BCUT2D eigenvalue weighted by Crippen LogP contribution is -2.36. The van der Waals surface area contributed by atoms with Crippen LogP contribution in [0.2, 0.25) is 5.02 Å². The summed E-state index contributed by atoms with van der Waals surface area (Å²) in [5.74, 6) is 1.49. The minimum Gasteiger partial charge on any atom is -0.457 e. The molecular formula is C19H18ClNO2. The van der Waals surface area contributed by atoms with Crippen molar-refractivity contribution in [2.24, 2.45) is 5.73 Å². The van der Waals surface area contributed by atoms with E-state index in [1.807, 2.05) is 55.5 Å². The Balaban J connectivity index is 1.90. The van der Waals surface area contributed by atoms with Crippen molar-refractivity contribution >= 4 is 22.4 Å². The predicted molar refractivity (Wildman–Crippen MR) is 94.1 cm³/mol. The van der Waals surface area contributed by atoms with Gasteiger partial charge in [0.25, 0.3) is 0 Å². The Hall–Kier alpha value is -2.07. The van der Waals surface area contributed by atoms with Crippen molar-refractivity contribution in [1.29, 1.82) is 0 Å². The third-order valence-corrected chi connectivity index (χ3v) is 4.10. The van der Waals surface area contributed by atoms with Gasteiger partial charge in [-0.25, -0.2) is 0 Å². The summed E-state index contributed by atoms with van der Waals surface area (Å²) in [6, 6.07) is 19.0. The Morgan fingerprint density at radius 3 is 2.26 bits per heavy atom. The molecule has 0 fully saturated rings. The molecular weight excluding hydrogens is 310 g/mol. The van der Waals surface area contributed by atoms with Gasteiger partial charge in [-0.1, -0.05) is 29.8 Å². The average Bonchev–Trinajstić information content (AvgIpc) is 2.56. The Morgan fingerprint density at radius 2 is 1.57 bits per heavy atom. The van der Waals surface area contributed by atoms with Crippen LogP contribution in [0.25, 0.3) is 10.8 Å². The minimum atomic E-state index is -0.743. The standard InChI is InChI=1S/C19H18ClNO2/c1-19(21,12-22)15-4-2-14-11-18(7-3-13(14)10-15)23-17-8-5-16(20)6-9-17/h2-11,22H,12,21H2,1H3/t19-/m0/s1. The quantitative estimate of drug-likeness (QED) is 0.744. The number of nitrogens with two attached hydrogens (primary N) is 1. The van der Waals surface area contributed by atoms with Crippen molar-refractivity contribution in [1.82, 2.24) is 0 Å². The molecule has 0 heterocycles. The van der Waals surface area contributed by atoms with Crippen molar-refractivity contribution < 1.29 is 9.84 Å². The topological polar surface area (TPSA) is 55.5 Å². The van der Waals surface area contributed by atoms with Gasteiger partial charge in [0.1, 0.15) is 11.5 Å². The maximum absolute atomic E-state index is 9.39. The summed E-state index contributed by atoms with van der Waals surface area (Å²) in [6.07, 6.45) is 0. The molecule has 118 valence electrons. The summed E-state index contributed by atoms with van der Waals surface area (Å²) in [6.45, 7) is 1.71. The molecule has 3 nitrogen and oxygen atoms in total. The number of halogens is 1. The predicted octanol–water partition coefficient (Wildman–Crippen LogP) is 4.45. The number of aliphatic hydroxyl groups is 1. The number of ether oxygens (including phenoxy) is 1. The SMILES string of the molecule is C[C@](N)(CO)c1ccc2cc(Oc3ccc(Cl)cc3)ccc2c1. The molecule has 0 radical (unpaired) electrons. The van der Waals surface area contributed by atoms with E-state index in [2.05, 4.69) is 0 Å². The molecule has 1 atom stereocenters. The molecule has 0 aliphatic rings. The summed E-state index contributed by atoms with van der Waals surface area (Å²) >= 11 is 5.87. The fourth-order valence-electron chi connectivity index (χ4n) is 2.37. The summed E-state index contributed by atoms with van der Waals surface area (Å²) in [4.78, 5) is 0. The van der Waals surface area contributed by atoms with Gasteiger partial charge in [-0.3, -0.25) is 0 Å². The first kappa shape index (κ1) is 15.8. The van der Waals surface area contributed by atoms with Gasteiger partial charge in [0, 0.05) is 5.02 Å². The van der Waals surface area contributed by atoms with E-state index < -0.39 is 5.54 Å². The molecule has 0 saturated carbocycles. The fourth-order valence-corrected chi connectivity index (χ4v) is 2.50. The monoisotopic (exact) mass is 327 g/mol. The molecule has 3 aromatic carbocycles. The zero-order chi connectivity index (χ0) is 16.4. The number of fused-ring (bicyclic) bond motifs is 1. The first-order chi connectivity index (χ1) is 11.0. The molecule has 0 unspecified atom stereocenters. The largest absolute Gasteiger partial charge is 0.457 e. The Kier molecular flexibility index (Phi) is 4.26. The lowest BCUT2D eigenvalue weighted by Gasteiger charge is -2.22. The molecule has 0 aliphatic heterocycles. The van der Waals surface area contributed by atoms with E-state index >= 15 is 0 Å². The highest BCUT2D eigenvalue weighted by atomic mass is 35.5. The maximum Gasteiger partial charge on any atom is 0.128 e. The molecule has 3 N–H and O–H groups in total. The van der Waals surface area contributed by atoms with E-state index in [1.54, 1.807) is 12.1 Å². The molecule has 23 heavy (non-hydrogen) atoms. The van der Waals surface area contributed by atoms with E-state index in [-0.39, 0.29) is 6.61 Å². The zero-order valence-electron chi connectivity index (χ0n) is 12.8. The highest BCUT2D eigenvalue weighted by Gasteiger charge is 2.19. The first-order valence-electron chi connectivity index (χ1n) is 7.35. The molecule has 0 aromatic heterocycles. The Bertz CT molecular complexity index is 828. The molecule has 3 aromatic rings. The molecule has 4 heteroatoms. The van der Waals surface area contributed by atoms with Crippen LogP contribution in [0.5, 0.6) is 11.5 Å². The van der Waals surface area contributed by atoms with Crippen LogP contribution in [0.15, 0.2) is 60.7 Å². The van der Waals surface area contributed by atoms with Crippen LogP contribution in [-0.2, 0) is 5.54 Å². The first-order valence-corrected chi connectivity index (χ1v) is 7.73. The second-order valence-electron chi connectivity index (χ2n) is 5.86. The van der Waals surface area contributed by atoms with Gasteiger partial charge in [-0.15, -0.1) is 0 Å². The van der Waals surface area contributed by atoms with Crippen LogP contribution >= 0.6 is 11.6 Å². The van der Waals surface area contributed by atoms with Gasteiger partial charge >= 0.3 is 0 Å². The van der Waals surface area contributed by atoms with Crippen LogP contribution in [-0.4, -0.2) is 11.7 Å². The highest BCUT2D eigenvalue weighted by molar-refractivity contribution is 6.30. The number of hydrogen-bond acceptors (Lipinski definition) is 3. The van der Waals surface area contributed by atoms with Crippen molar-refractivity contribution in [3.8, 4) is 11.5 Å². The Morgan fingerprint density at radius 1 is 0.957 bits per heavy atom. The fraction of sp³-hybridized carbons (Fsp3) is 0.158. The van der Waals surface area contributed by atoms with Crippen LogP contribution in [0.4, 0.5) is 0 Å². The highest BCUT2D eigenvalue weighted by Crippen LogP contribution is 2.29. The van der Waals surface area contributed by atoms with Gasteiger partial charge in [0.2, 0.25) is 0 Å². The molecule has 0 saturated heterocycles. The maximum atomic E-state index is 9.39. The molecule has 0 bridgehead atoms. The van der Waals surface area contributed by atoms with E-state index in [4.69, 9.17) is 22.1 Å². The number of benzene rings is 3. The average molecular weight is 328 g/mol. The summed E-state index contributed by atoms with van der Waals surface area (Å²) in [5.41, 5.74) is 6.25. The molecule has 0 aliphatic carbocycles. The van der Waals surface area contributed by atoms with Crippen LogP contribution < -0.4 is 10.5 Å². The van der Waals surface area contributed by atoms with Crippen molar-refractivity contribution in [2.75, 3.05) is 6.61 Å². The number of rotatable bonds is 4. The van der Waals surface area contributed by atoms with E-state index in [0.717, 1.165) is 27.8 Å². The van der Waals surface area contributed by atoms with Gasteiger partial charge in [-0.05, 0) is 65.7 Å². The third-order valence-electron chi connectivity index (χ3n) is 3.85.